The van der Waals surface area contributed by atoms with Crippen molar-refractivity contribution in [3.8, 4) is 0 Å². The second-order valence-electron chi connectivity index (χ2n) is 8.23. The number of nitrogens with zero attached hydrogens (tertiary/aromatic N) is 3. The van der Waals surface area contributed by atoms with Crippen LogP contribution in [-0.4, -0.2) is 41.6 Å². The van der Waals surface area contributed by atoms with Gasteiger partial charge in [-0.2, -0.15) is 0 Å². The molecule has 1 fully saturated rings. The van der Waals surface area contributed by atoms with Crippen LogP contribution in [0.5, 0.6) is 0 Å². The molecule has 2 aromatic carbocycles. The number of fused-ring (bicyclic) bond motifs is 1. The monoisotopic (exact) mass is 469 g/mol. The first-order valence-corrected chi connectivity index (χ1v) is 11.1. The van der Waals surface area contributed by atoms with Gasteiger partial charge in [0, 0.05) is 55.6 Å². The molecule has 8 heteroatoms. The first kappa shape index (κ1) is 21.5. The first-order chi connectivity index (χ1) is 15.9. The highest BCUT2D eigenvalue weighted by molar-refractivity contribution is 6.30. The van der Waals surface area contributed by atoms with Crippen LogP contribution in [0.4, 0.5) is 14.5 Å². The summed E-state index contributed by atoms with van der Waals surface area (Å²) in [5.41, 5.74) is 3.40. The molecule has 4 aromatic rings. The minimum absolute atomic E-state index is 0.118. The van der Waals surface area contributed by atoms with E-state index >= 15 is 0 Å². The zero-order valence-electron chi connectivity index (χ0n) is 18.0. The summed E-state index contributed by atoms with van der Waals surface area (Å²) in [7, 11) is 0. The molecule has 1 aliphatic rings. The number of rotatable bonds is 4. The molecule has 0 spiro atoms. The maximum absolute atomic E-state index is 13.8. The summed E-state index contributed by atoms with van der Waals surface area (Å²) in [6.45, 7) is 4.54. The lowest BCUT2D eigenvalue weighted by molar-refractivity contribution is 0.0737. The van der Waals surface area contributed by atoms with E-state index in [1.807, 2.05) is 46.7 Å². The maximum Gasteiger partial charge on any atom is 0.270 e. The number of hydrogen-bond donors (Lipinski definition) is 0. The molecule has 1 saturated heterocycles. The normalized spacial score (nSPS) is 14.3. The van der Waals surface area contributed by atoms with E-state index in [9.17, 15) is 13.6 Å². The summed E-state index contributed by atoms with van der Waals surface area (Å²) in [6.07, 6.45) is 0. The van der Waals surface area contributed by atoms with E-state index in [2.05, 4.69) is 4.90 Å². The van der Waals surface area contributed by atoms with Crippen molar-refractivity contribution < 1.29 is 18.0 Å². The van der Waals surface area contributed by atoms with Crippen molar-refractivity contribution >= 4 is 34.3 Å². The van der Waals surface area contributed by atoms with E-state index in [4.69, 9.17) is 16.0 Å². The van der Waals surface area contributed by atoms with Crippen LogP contribution in [0.15, 0.2) is 59.0 Å². The van der Waals surface area contributed by atoms with Crippen LogP contribution in [0.2, 0.25) is 5.02 Å². The number of aromatic nitrogens is 1. The average Bonchev–Trinajstić information content (AvgIpc) is 3.32. The number of carbonyl (C=O) groups excluding carboxylic acids is 1. The summed E-state index contributed by atoms with van der Waals surface area (Å²) in [5.74, 6) is -1.21. The van der Waals surface area contributed by atoms with Crippen LogP contribution in [-0.2, 0) is 6.54 Å². The Hall–Kier alpha value is -3.32. The van der Waals surface area contributed by atoms with Crippen LogP contribution in [0.25, 0.3) is 11.1 Å². The Bertz CT molecular complexity index is 1340. The SMILES string of the molecule is Cc1cc2c(cc(C(=O)N3CCN(c4cccc(Cl)c4)CC3)n2Cc2ccc(F)c(F)c2)o1. The summed E-state index contributed by atoms with van der Waals surface area (Å²) in [5, 5.41) is 0.680. The van der Waals surface area contributed by atoms with E-state index in [-0.39, 0.29) is 12.5 Å². The van der Waals surface area contributed by atoms with Gasteiger partial charge in [0.2, 0.25) is 0 Å². The number of carbonyl (C=O) groups is 1. The second kappa shape index (κ2) is 8.56. The van der Waals surface area contributed by atoms with Crippen molar-refractivity contribution in [1.82, 2.24) is 9.47 Å². The summed E-state index contributed by atoms with van der Waals surface area (Å²) < 4.78 is 34.7. The molecule has 0 N–H and O–H groups in total. The molecule has 1 aliphatic heterocycles. The quantitative estimate of drug-likeness (QED) is 0.397. The summed E-state index contributed by atoms with van der Waals surface area (Å²) in [4.78, 5) is 17.5. The van der Waals surface area contributed by atoms with Gasteiger partial charge in [-0.1, -0.05) is 23.7 Å². The molecular formula is C25H22ClF2N3O2. The molecule has 170 valence electrons. The van der Waals surface area contributed by atoms with Crippen molar-refractivity contribution in [2.24, 2.45) is 0 Å². The number of halogens is 3. The van der Waals surface area contributed by atoms with Gasteiger partial charge in [-0.15, -0.1) is 0 Å². The van der Waals surface area contributed by atoms with Crippen LogP contribution >= 0.6 is 11.6 Å². The lowest BCUT2D eigenvalue weighted by Gasteiger charge is -2.36. The van der Waals surface area contributed by atoms with Gasteiger partial charge in [0.15, 0.2) is 17.2 Å². The van der Waals surface area contributed by atoms with Crippen LogP contribution in [0.1, 0.15) is 21.8 Å². The van der Waals surface area contributed by atoms with Gasteiger partial charge >= 0.3 is 0 Å². The fourth-order valence-corrected chi connectivity index (χ4v) is 4.52. The van der Waals surface area contributed by atoms with Gasteiger partial charge in [0.1, 0.15) is 11.5 Å². The molecule has 0 radical (unpaired) electrons. The van der Waals surface area contributed by atoms with E-state index in [0.717, 1.165) is 23.3 Å². The van der Waals surface area contributed by atoms with Crippen molar-refractivity contribution in [3.05, 3.63) is 88.3 Å². The van der Waals surface area contributed by atoms with Gasteiger partial charge in [-0.3, -0.25) is 4.79 Å². The van der Waals surface area contributed by atoms with Crippen LogP contribution < -0.4 is 4.90 Å². The predicted octanol–water partition coefficient (Wildman–Crippen LogP) is 5.49. The topological polar surface area (TPSA) is 41.6 Å². The van der Waals surface area contributed by atoms with E-state index in [1.54, 1.807) is 6.07 Å². The molecule has 0 aliphatic carbocycles. The number of anilines is 1. The average molecular weight is 470 g/mol. The standard InChI is InChI=1S/C25H22ClF2N3O2/c1-16-11-22-24(33-16)14-23(31(22)15-17-5-6-20(27)21(28)12-17)25(32)30-9-7-29(8-10-30)19-4-2-3-18(26)13-19/h2-6,11-14H,7-10,15H2,1H3. The zero-order valence-corrected chi connectivity index (χ0v) is 18.8. The Morgan fingerprint density at radius 1 is 1.00 bits per heavy atom. The highest BCUT2D eigenvalue weighted by atomic mass is 35.5. The largest absolute Gasteiger partial charge is 0.460 e. The van der Waals surface area contributed by atoms with Crippen LogP contribution in [0, 0.1) is 18.6 Å². The fourth-order valence-electron chi connectivity index (χ4n) is 4.34. The van der Waals surface area contributed by atoms with Crippen molar-refractivity contribution in [1.29, 1.82) is 0 Å². The Morgan fingerprint density at radius 2 is 1.79 bits per heavy atom. The highest BCUT2D eigenvalue weighted by Gasteiger charge is 2.27. The number of amides is 1. The molecule has 3 heterocycles. The molecule has 5 nitrogen and oxygen atoms in total. The molecule has 2 aromatic heterocycles. The third-order valence-electron chi connectivity index (χ3n) is 6.00. The number of furan rings is 1. The Labute approximate surface area is 194 Å². The Kier molecular flexibility index (Phi) is 5.58. The zero-order chi connectivity index (χ0) is 23.1. The first-order valence-electron chi connectivity index (χ1n) is 10.7. The van der Waals surface area contributed by atoms with Gasteiger partial charge in [-0.05, 0) is 42.8 Å². The second-order valence-corrected chi connectivity index (χ2v) is 8.67. The van der Waals surface area contributed by atoms with Gasteiger partial charge in [-0.25, -0.2) is 8.78 Å². The third-order valence-corrected chi connectivity index (χ3v) is 6.23. The summed E-state index contributed by atoms with van der Waals surface area (Å²) >= 11 is 6.12. The molecule has 33 heavy (non-hydrogen) atoms. The van der Waals surface area contributed by atoms with Crippen molar-refractivity contribution in [2.75, 3.05) is 31.1 Å². The maximum atomic E-state index is 13.8. The van der Waals surface area contributed by atoms with Gasteiger partial charge in [0.25, 0.3) is 5.91 Å². The highest BCUT2D eigenvalue weighted by Crippen LogP contribution is 2.27. The Morgan fingerprint density at radius 3 is 2.52 bits per heavy atom. The lowest BCUT2D eigenvalue weighted by atomic mass is 10.2. The minimum Gasteiger partial charge on any atom is -0.460 e. The predicted molar refractivity (Wildman–Crippen MR) is 124 cm³/mol. The summed E-state index contributed by atoms with van der Waals surface area (Å²) in [6, 6.07) is 15.0. The smallest absolute Gasteiger partial charge is 0.270 e. The van der Waals surface area contributed by atoms with Gasteiger partial charge in [0.05, 0.1) is 5.52 Å². The number of piperazine rings is 1. The fraction of sp³-hybridized carbons (Fsp3) is 0.240. The van der Waals surface area contributed by atoms with Crippen molar-refractivity contribution in [2.45, 2.75) is 13.5 Å². The number of aryl methyl sites for hydroxylation is 1. The molecular weight excluding hydrogens is 448 g/mol. The van der Waals surface area contributed by atoms with E-state index < -0.39 is 11.6 Å². The molecule has 0 bridgehead atoms. The Balaban J connectivity index is 1.40. The molecule has 1 amide bonds. The molecule has 0 saturated carbocycles. The molecule has 5 rings (SSSR count). The third kappa shape index (κ3) is 4.20. The van der Waals surface area contributed by atoms with Gasteiger partial charge < -0.3 is 18.8 Å². The van der Waals surface area contributed by atoms with E-state index in [1.165, 1.54) is 6.07 Å². The minimum atomic E-state index is -0.913. The van der Waals surface area contributed by atoms with Crippen LogP contribution in [0.3, 0.4) is 0 Å². The lowest BCUT2D eigenvalue weighted by Crippen LogP contribution is -2.49. The molecule has 0 atom stereocenters. The van der Waals surface area contributed by atoms with E-state index in [0.29, 0.717) is 53.8 Å². The molecule has 0 unspecified atom stereocenters. The van der Waals surface area contributed by atoms with Crippen molar-refractivity contribution in [3.63, 3.8) is 0 Å². The number of hydrogen-bond acceptors (Lipinski definition) is 3. The number of benzene rings is 2.